The van der Waals surface area contributed by atoms with Gasteiger partial charge in [0.1, 0.15) is 0 Å². The summed E-state index contributed by atoms with van der Waals surface area (Å²) in [6.45, 7) is 8.15. The minimum absolute atomic E-state index is 0.411. The molecular weight excluding hydrogens is 318 g/mol. The van der Waals surface area contributed by atoms with Crippen molar-refractivity contribution in [3.8, 4) is 0 Å². The number of rotatable bonds is 8. The van der Waals surface area contributed by atoms with Crippen molar-refractivity contribution in [2.75, 3.05) is 6.61 Å². The third kappa shape index (κ3) is 3.37. The predicted octanol–water partition coefficient (Wildman–Crippen LogP) is 5.30. The van der Waals surface area contributed by atoms with Crippen molar-refractivity contribution in [2.24, 2.45) is 0 Å². The molecule has 1 heterocycles. The van der Waals surface area contributed by atoms with Crippen molar-refractivity contribution in [2.45, 2.75) is 12.0 Å². The Kier molecular flexibility index (Phi) is 5.77. The molecule has 0 atom stereocenters. The molecule has 0 amide bonds. The van der Waals surface area contributed by atoms with Gasteiger partial charge in [0.05, 0.1) is 12.3 Å². The Morgan fingerprint density at radius 3 is 1.96 bits per heavy atom. The third-order valence-electron chi connectivity index (χ3n) is 4.37. The first-order valence-corrected chi connectivity index (χ1v) is 8.74. The number of allylic oxidation sites excluding steroid dienone is 1. The van der Waals surface area contributed by atoms with E-state index < -0.39 is 5.60 Å². The largest absolute Gasteiger partial charge is 0.355 e. The van der Waals surface area contributed by atoms with Crippen LogP contribution < -0.4 is 0 Å². The lowest BCUT2D eigenvalue weighted by molar-refractivity contribution is 0.0281. The molecule has 0 fully saturated rings. The van der Waals surface area contributed by atoms with Crippen LogP contribution in [0.3, 0.4) is 0 Å². The summed E-state index contributed by atoms with van der Waals surface area (Å²) in [6, 6.07) is 24.5. The van der Waals surface area contributed by atoms with Crippen molar-refractivity contribution in [3.63, 3.8) is 0 Å². The minimum Gasteiger partial charge on any atom is -0.355 e. The Morgan fingerprint density at radius 1 is 0.808 bits per heavy atom. The van der Waals surface area contributed by atoms with E-state index in [1.807, 2.05) is 54.7 Å². The van der Waals surface area contributed by atoms with Crippen molar-refractivity contribution >= 4 is 0 Å². The highest BCUT2D eigenvalue weighted by Gasteiger charge is 2.40. The normalized spacial score (nSPS) is 11.1. The SMILES string of the molecule is C=CCOC(c1ccccc1)(c1ccccc1)c1ncccc1CC=C. The van der Waals surface area contributed by atoms with Gasteiger partial charge in [0, 0.05) is 6.20 Å². The van der Waals surface area contributed by atoms with Crippen molar-refractivity contribution < 1.29 is 4.74 Å². The molecule has 3 rings (SSSR count). The Balaban J connectivity index is 2.34. The van der Waals surface area contributed by atoms with E-state index in [1.54, 1.807) is 6.08 Å². The van der Waals surface area contributed by atoms with Gasteiger partial charge < -0.3 is 4.74 Å². The fourth-order valence-electron chi connectivity index (χ4n) is 3.28. The zero-order chi connectivity index (χ0) is 18.2. The summed E-state index contributed by atoms with van der Waals surface area (Å²) in [5, 5.41) is 0. The van der Waals surface area contributed by atoms with Gasteiger partial charge in [-0.25, -0.2) is 0 Å². The second kappa shape index (κ2) is 8.41. The Labute approximate surface area is 155 Å². The summed E-state index contributed by atoms with van der Waals surface area (Å²) in [6.07, 6.45) is 6.22. The Hall–Kier alpha value is -2.97. The van der Waals surface area contributed by atoms with Gasteiger partial charge in [-0.1, -0.05) is 78.9 Å². The van der Waals surface area contributed by atoms with Crippen LogP contribution >= 0.6 is 0 Å². The van der Waals surface area contributed by atoms with Crippen molar-refractivity contribution in [1.29, 1.82) is 0 Å². The van der Waals surface area contributed by atoms with Crippen LogP contribution in [0.2, 0.25) is 0 Å². The van der Waals surface area contributed by atoms with Crippen molar-refractivity contribution in [1.82, 2.24) is 4.98 Å². The Bertz CT molecular complexity index is 816. The summed E-state index contributed by atoms with van der Waals surface area (Å²) in [5.41, 5.74) is 3.25. The number of nitrogens with zero attached hydrogens (tertiary/aromatic N) is 1. The lowest BCUT2D eigenvalue weighted by atomic mass is 9.80. The molecule has 0 aliphatic heterocycles. The first-order valence-electron chi connectivity index (χ1n) is 8.74. The topological polar surface area (TPSA) is 22.1 Å². The van der Waals surface area contributed by atoms with Crippen LogP contribution in [0.15, 0.2) is 104 Å². The third-order valence-corrected chi connectivity index (χ3v) is 4.37. The zero-order valence-electron chi connectivity index (χ0n) is 14.8. The quantitative estimate of drug-likeness (QED) is 0.518. The summed E-state index contributed by atoms with van der Waals surface area (Å²) in [7, 11) is 0. The molecule has 2 heteroatoms. The molecule has 1 aromatic heterocycles. The molecule has 0 radical (unpaired) electrons. The Morgan fingerprint density at radius 2 is 1.42 bits per heavy atom. The van der Waals surface area contributed by atoms with Gasteiger partial charge in [0.25, 0.3) is 0 Å². The van der Waals surface area contributed by atoms with Gasteiger partial charge in [-0.3, -0.25) is 4.98 Å². The fraction of sp³-hybridized carbons (Fsp3) is 0.125. The van der Waals surface area contributed by atoms with Crippen LogP contribution in [0, 0.1) is 0 Å². The first-order chi connectivity index (χ1) is 12.8. The highest BCUT2D eigenvalue weighted by atomic mass is 16.5. The van der Waals surface area contributed by atoms with Crippen LogP contribution in [0.1, 0.15) is 22.4 Å². The van der Waals surface area contributed by atoms with Crippen LogP contribution in [0.4, 0.5) is 0 Å². The molecule has 2 aromatic carbocycles. The van der Waals surface area contributed by atoms with Crippen LogP contribution in [0.5, 0.6) is 0 Å². The van der Waals surface area contributed by atoms with Gasteiger partial charge in [0.2, 0.25) is 0 Å². The van der Waals surface area contributed by atoms with Gasteiger partial charge in [-0.15, -0.1) is 13.2 Å². The maximum absolute atomic E-state index is 6.51. The van der Waals surface area contributed by atoms with E-state index in [-0.39, 0.29) is 0 Å². The van der Waals surface area contributed by atoms with E-state index in [2.05, 4.69) is 43.5 Å². The molecule has 0 bridgehead atoms. The van der Waals surface area contributed by atoms with Gasteiger partial charge >= 0.3 is 0 Å². The highest BCUT2D eigenvalue weighted by molar-refractivity contribution is 5.48. The molecule has 0 aliphatic rings. The number of benzene rings is 2. The number of pyridine rings is 1. The maximum Gasteiger partial charge on any atom is 0.161 e. The fourth-order valence-corrected chi connectivity index (χ4v) is 3.28. The molecule has 130 valence electrons. The smallest absolute Gasteiger partial charge is 0.161 e. The summed E-state index contributed by atoms with van der Waals surface area (Å²) in [5.74, 6) is 0. The van der Waals surface area contributed by atoms with E-state index in [9.17, 15) is 0 Å². The average Bonchev–Trinajstić information content (AvgIpc) is 2.71. The molecular formula is C24H23NO. The van der Waals surface area contributed by atoms with Crippen LogP contribution in [0.25, 0.3) is 0 Å². The summed E-state index contributed by atoms with van der Waals surface area (Å²) >= 11 is 0. The van der Waals surface area contributed by atoms with Gasteiger partial charge in [-0.2, -0.15) is 0 Å². The van der Waals surface area contributed by atoms with Gasteiger partial charge in [-0.05, 0) is 29.2 Å². The molecule has 0 saturated heterocycles. The second-order valence-electron chi connectivity index (χ2n) is 6.02. The molecule has 0 saturated carbocycles. The molecule has 0 N–H and O–H groups in total. The lowest BCUT2D eigenvalue weighted by Gasteiger charge is -2.35. The standard InChI is InChI=1S/C24H23NO/c1-3-12-20-13-11-18-25-23(20)24(26-19-4-2,21-14-7-5-8-15-21)22-16-9-6-10-17-22/h3-11,13-18H,1-2,12,19H2. The number of hydrogen-bond donors (Lipinski definition) is 0. The number of hydrogen-bond acceptors (Lipinski definition) is 2. The minimum atomic E-state index is -0.809. The van der Waals surface area contributed by atoms with E-state index in [1.165, 1.54) is 0 Å². The monoisotopic (exact) mass is 341 g/mol. The molecule has 0 spiro atoms. The molecule has 0 aliphatic carbocycles. The van der Waals surface area contributed by atoms with Crippen molar-refractivity contribution in [3.05, 3.63) is 127 Å². The average molecular weight is 341 g/mol. The number of aromatic nitrogens is 1. The molecule has 2 nitrogen and oxygen atoms in total. The second-order valence-corrected chi connectivity index (χ2v) is 6.02. The van der Waals surface area contributed by atoms with Crippen LogP contribution in [-0.2, 0) is 16.8 Å². The van der Waals surface area contributed by atoms with E-state index in [0.29, 0.717) is 6.61 Å². The molecule has 3 aromatic rings. The highest BCUT2D eigenvalue weighted by Crippen LogP contribution is 2.41. The zero-order valence-corrected chi connectivity index (χ0v) is 14.8. The van der Waals surface area contributed by atoms with E-state index >= 15 is 0 Å². The lowest BCUT2D eigenvalue weighted by Crippen LogP contribution is -2.35. The molecule has 0 unspecified atom stereocenters. The predicted molar refractivity (Wildman–Crippen MR) is 107 cm³/mol. The van der Waals surface area contributed by atoms with Gasteiger partial charge in [0.15, 0.2) is 5.60 Å². The van der Waals surface area contributed by atoms with E-state index in [0.717, 1.165) is 28.8 Å². The van der Waals surface area contributed by atoms with E-state index in [4.69, 9.17) is 9.72 Å². The number of ether oxygens (including phenoxy) is 1. The summed E-state index contributed by atoms with van der Waals surface area (Å²) < 4.78 is 6.51. The summed E-state index contributed by atoms with van der Waals surface area (Å²) in [4.78, 5) is 4.77. The van der Waals surface area contributed by atoms with Crippen LogP contribution in [-0.4, -0.2) is 11.6 Å². The maximum atomic E-state index is 6.51. The molecule has 26 heavy (non-hydrogen) atoms. The first kappa shape index (κ1) is 17.8.